The fourth-order valence-corrected chi connectivity index (χ4v) is 1.80. The monoisotopic (exact) mass is 136 g/mol. The van der Waals surface area contributed by atoms with Crippen LogP contribution in [0.2, 0.25) is 0 Å². The van der Waals surface area contributed by atoms with Gasteiger partial charge >= 0.3 is 0 Å². The summed E-state index contributed by atoms with van der Waals surface area (Å²) in [6.07, 6.45) is 3.92. The highest BCUT2D eigenvalue weighted by Crippen LogP contribution is 2.36. The second-order valence-corrected chi connectivity index (χ2v) is 3.32. The molecule has 0 heterocycles. The van der Waals surface area contributed by atoms with Crippen molar-refractivity contribution in [3.05, 3.63) is 17.9 Å². The molecule has 0 aromatic rings. The van der Waals surface area contributed by atoms with Gasteiger partial charge in [0.1, 0.15) is 0 Å². The SMILES string of the molecule is C=C=C1CC(CC)CC1C. The Morgan fingerprint density at radius 3 is 2.70 bits per heavy atom. The Labute approximate surface area is 63.6 Å². The molecule has 0 radical (unpaired) electrons. The molecule has 2 unspecified atom stereocenters. The van der Waals surface area contributed by atoms with E-state index in [0.717, 1.165) is 11.8 Å². The summed E-state index contributed by atoms with van der Waals surface area (Å²) >= 11 is 0. The molecule has 1 rings (SSSR count). The summed E-state index contributed by atoms with van der Waals surface area (Å²) in [7, 11) is 0. The molecule has 0 nitrogen and oxygen atoms in total. The van der Waals surface area contributed by atoms with Crippen molar-refractivity contribution in [1.29, 1.82) is 0 Å². The molecule has 0 saturated heterocycles. The third-order valence-corrected chi connectivity index (χ3v) is 2.59. The van der Waals surface area contributed by atoms with Gasteiger partial charge in [0, 0.05) is 0 Å². The van der Waals surface area contributed by atoms with E-state index in [1.807, 2.05) is 0 Å². The maximum atomic E-state index is 3.70. The highest BCUT2D eigenvalue weighted by Gasteiger charge is 2.23. The van der Waals surface area contributed by atoms with Crippen molar-refractivity contribution in [3.63, 3.8) is 0 Å². The van der Waals surface area contributed by atoms with Gasteiger partial charge in [-0.1, -0.05) is 26.8 Å². The quantitative estimate of drug-likeness (QED) is 0.486. The first-order chi connectivity index (χ1) is 4.77. The average molecular weight is 136 g/mol. The lowest BCUT2D eigenvalue weighted by Crippen LogP contribution is -1.90. The van der Waals surface area contributed by atoms with Crippen LogP contribution in [0.3, 0.4) is 0 Å². The molecule has 1 aliphatic carbocycles. The second-order valence-electron chi connectivity index (χ2n) is 3.32. The van der Waals surface area contributed by atoms with E-state index in [4.69, 9.17) is 0 Å². The molecular formula is C10H16. The number of hydrogen-bond donors (Lipinski definition) is 0. The maximum absolute atomic E-state index is 3.70. The van der Waals surface area contributed by atoms with Crippen LogP contribution >= 0.6 is 0 Å². The van der Waals surface area contributed by atoms with Gasteiger partial charge in [-0.05, 0) is 30.3 Å². The van der Waals surface area contributed by atoms with Gasteiger partial charge in [-0.2, -0.15) is 0 Å². The highest BCUT2D eigenvalue weighted by molar-refractivity contribution is 5.09. The van der Waals surface area contributed by atoms with Crippen molar-refractivity contribution in [2.24, 2.45) is 11.8 Å². The van der Waals surface area contributed by atoms with Gasteiger partial charge < -0.3 is 0 Å². The first kappa shape index (κ1) is 7.63. The minimum Gasteiger partial charge on any atom is -0.129 e. The van der Waals surface area contributed by atoms with Crippen LogP contribution in [-0.4, -0.2) is 0 Å². The van der Waals surface area contributed by atoms with Crippen molar-refractivity contribution >= 4 is 0 Å². The third kappa shape index (κ3) is 1.33. The summed E-state index contributed by atoms with van der Waals surface area (Å²) < 4.78 is 0. The van der Waals surface area contributed by atoms with E-state index < -0.39 is 0 Å². The number of allylic oxidation sites excluding steroid dienone is 1. The minimum atomic E-state index is 0.752. The molecule has 56 valence electrons. The molecule has 1 aliphatic rings. The van der Waals surface area contributed by atoms with Crippen LogP contribution in [-0.2, 0) is 0 Å². The van der Waals surface area contributed by atoms with Crippen LogP contribution in [0.5, 0.6) is 0 Å². The van der Waals surface area contributed by atoms with Crippen LogP contribution in [0.25, 0.3) is 0 Å². The van der Waals surface area contributed by atoms with Gasteiger partial charge in [0.05, 0.1) is 0 Å². The summed E-state index contributed by atoms with van der Waals surface area (Å²) in [6, 6.07) is 0. The predicted octanol–water partition coefficient (Wildman–Crippen LogP) is 3.15. The summed E-state index contributed by atoms with van der Waals surface area (Å²) in [4.78, 5) is 0. The van der Waals surface area contributed by atoms with Crippen molar-refractivity contribution in [2.75, 3.05) is 0 Å². The van der Waals surface area contributed by atoms with Crippen molar-refractivity contribution < 1.29 is 0 Å². The lowest BCUT2D eigenvalue weighted by atomic mass is 10.0. The van der Waals surface area contributed by atoms with Crippen LogP contribution in [0.4, 0.5) is 0 Å². The summed E-state index contributed by atoms with van der Waals surface area (Å²) in [5.74, 6) is 1.67. The molecule has 0 N–H and O–H groups in total. The zero-order chi connectivity index (χ0) is 7.56. The van der Waals surface area contributed by atoms with E-state index in [2.05, 4.69) is 26.2 Å². The van der Waals surface area contributed by atoms with Gasteiger partial charge in [0.25, 0.3) is 0 Å². The Hall–Kier alpha value is -0.480. The molecule has 1 saturated carbocycles. The number of rotatable bonds is 1. The smallest absolute Gasteiger partial charge is 0.0153 e. The van der Waals surface area contributed by atoms with Crippen LogP contribution in [0.1, 0.15) is 33.1 Å². The molecular weight excluding hydrogens is 120 g/mol. The Balaban J connectivity index is 2.61. The average Bonchev–Trinajstić information content (AvgIpc) is 2.30. The maximum Gasteiger partial charge on any atom is -0.0153 e. The highest BCUT2D eigenvalue weighted by atomic mass is 14.3. The molecule has 0 aliphatic heterocycles. The standard InChI is InChI=1S/C10H16/c1-4-9-6-8(3)10(5-2)7-9/h8-9H,2,4,6-7H2,1,3H3. The van der Waals surface area contributed by atoms with Crippen molar-refractivity contribution in [3.8, 4) is 0 Å². The van der Waals surface area contributed by atoms with Crippen molar-refractivity contribution in [1.82, 2.24) is 0 Å². The molecule has 10 heavy (non-hydrogen) atoms. The van der Waals surface area contributed by atoms with E-state index in [1.54, 1.807) is 0 Å². The molecule has 0 amide bonds. The fraction of sp³-hybridized carbons (Fsp3) is 0.700. The molecule has 0 aromatic heterocycles. The minimum absolute atomic E-state index is 0.752. The van der Waals surface area contributed by atoms with Gasteiger partial charge in [0.15, 0.2) is 0 Å². The van der Waals surface area contributed by atoms with E-state index in [-0.39, 0.29) is 0 Å². The lowest BCUT2D eigenvalue weighted by Gasteiger charge is -2.01. The molecule has 0 bridgehead atoms. The van der Waals surface area contributed by atoms with E-state index in [1.165, 1.54) is 24.8 Å². The summed E-state index contributed by atoms with van der Waals surface area (Å²) in [5.41, 5.74) is 4.50. The van der Waals surface area contributed by atoms with E-state index in [9.17, 15) is 0 Å². The van der Waals surface area contributed by atoms with Crippen LogP contribution in [0.15, 0.2) is 17.9 Å². The van der Waals surface area contributed by atoms with E-state index >= 15 is 0 Å². The van der Waals surface area contributed by atoms with Gasteiger partial charge in [-0.25, -0.2) is 0 Å². The Bertz CT molecular complexity index is 161. The lowest BCUT2D eigenvalue weighted by molar-refractivity contribution is 0.502. The molecule has 0 heteroatoms. The van der Waals surface area contributed by atoms with Gasteiger partial charge in [0.2, 0.25) is 0 Å². The largest absolute Gasteiger partial charge is 0.129 e. The second kappa shape index (κ2) is 3.07. The molecule has 1 fully saturated rings. The Kier molecular flexibility index (Phi) is 2.34. The van der Waals surface area contributed by atoms with E-state index in [0.29, 0.717) is 0 Å². The van der Waals surface area contributed by atoms with Crippen molar-refractivity contribution in [2.45, 2.75) is 33.1 Å². The van der Waals surface area contributed by atoms with Gasteiger partial charge in [-0.15, -0.1) is 5.73 Å². The summed E-state index contributed by atoms with van der Waals surface area (Å²) in [6.45, 7) is 8.25. The zero-order valence-electron chi connectivity index (χ0n) is 6.98. The van der Waals surface area contributed by atoms with Gasteiger partial charge in [-0.3, -0.25) is 0 Å². The van der Waals surface area contributed by atoms with Crippen LogP contribution < -0.4 is 0 Å². The molecule has 2 atom stereocenters. The first-order valence-electron chi connectivity index (χ1n) is 4.16. The topological polar surface area (TPSA) is 0 Å². The fourth-order valence-electron chi connectivity index (χ4n) is 1.80. The Morgan fingerprint density at radius 2 is 2.40 bits per heavy atom. The van der Waals surface area contributed by atoms with Crippen LogP contribution in [0, 0.1) is 11.8 Å². The predicted molar refractivity (Wildman–Crippen MR) is 44.8 cm³/mol. The normalized spacial score (nSPS) is 32.4. The molecule has 0 aromatic carbocycles. The zero-order valence-corrected chi connectivity index (χ0v) is 6.98. The first-order valence-corrected chi connectivity index (χ1v) is 4.16. The molecule has 0 spiro atoms. The Morgan fingerprint density at radius 1 is 1.70 bits per heavy atom. The number of hydrogen-bond acceptors (Lipinski definition) is 0. The summed E-state index contributed by atoms with van der Waals surface area (Å²) in [5, 5.41) is 0. The third-order valence-electron chi connectivity index (χ3n) is 2.59.